The third kappa shape index (κ3) is 4.00. The molecule has 2 amide bonds. The molecule has 0 radical (unpaired) electrons. The number of carbonyl (C=O) groups is 2. The quantitative estimate of drug-likeness (QED) is 0.774. The van der Waals surface area contributed by atoms with E-state index in [9.17, 15) is 9.59 Å². The van der Waals surface area contributed by atoms with Gasteiger partial charge in [0.15, 0.2) is 5.13 Å². The lowest BCUT2D eigenvalue weighted by Gasteiger charge is -2.37. The number of rotatable bonds is 3. The number of hydrogen-bond acceptors (Lipinski definition) is 6. The smallest absolute Gasteiger partial charge is 0.236 e. The van der Waals surface area contributed by atoms with E-state index in [0.29, 0.717) is 32.7 Å². The molecular weight excluding hydrogens is 314 g/mol. The molecule has 2 saturated heterocycles. The van der Waals surface area contributed by atoms with Crippen LogP contribution < -0.4 is 4.90 Å². The minimum Gasteiger partial charge on any atom is -0.346 e. The number of carbonyl (C=O) groups excluding carboxylic acids is 2. The normalized spacial score (nSPS) is 20.0. The van der Waals surface area contributed by atoms with Crippen molar-refractivity contribution in [3.8, 4) is 0 Å². The second-order valence-corrected chi connectivity index (χ2v) is 6.84. The molecule has 2 fully saturated rings. The Morgan fingerprint density at radius 2 is 1.70 bits per heavy atom. The van der Waals surface area contributed by atoms with Gasteiger partial charge in [0.25, 0.3) is 0 Å². The lowest BCUT2D eigenvalue weighted by atomic mass is 10.2. The fourth-order valence-corrected chi connectivity index (χ4v) is 3.73. The van der Waals surface area contributed by atoms with Gasteiger partial charge >= 0.3 is 0 Å². The van der Waals surface area contributed by atoms with Crippen molar-refractivity contribution in [1.82, 2.24) is 19.7 Å². The topological polar surface area (TPSA) is 60.0 Å². The summed E-state index contributed by atoms with van der Waals surface area (Å²) in [6.45, 7) is 8.27. The van der Waals surface area contributed by atoms with Crippen LogP contribution >= 0.6 is 11.3 Å². The Hall–Kier alpha value is -1.67. The first-order valence-electron chi connectivity index (χ1n) is 8.03. The van der Waals surface area contributed by atoms with E-state index in [-0.39, 0.29) is 11.8 Å². The third-order valence-corrected chi connectivity index (χ3v) is 5.33. The van der Waals surface area contributed by atoms with E-state index in [1.165, 1.54) is 0 Å². The van der Waals surface area contributed by atoms with Crippen LogP contribution in [0.5, 0.6) is 0 Å². The van der Waals surface area contributed by atoms with E-state index in [2.05, 4.69) is 14.8 Å². The van der Waals surface area contributed by atoms with E-state index in [1.807, 2.05) is 16.5 Å². The maximum atomic E-state index is 12.4. The Morgan fingerprint density at radius 3 is 2.26 bits per heavy atom. The first kappa shape index (κ1) is 16.2. The van der Waals surface area contributed by atoms with Crippen LogP contribution in [0.2, 0.25) is 0 Å². The summed E-state index contributed by atoms with van der Waals surface area (Å²) in [5.74, 6) is 0.270. The van der Waals surface area contributed by atoms with Gasteiger partial charge in [-0.1, -0.05) is 0 Å². The maximum Gasteiger partial charge on any atom is 0.236 e. The molecule has 2 aliphatic heterocycles. The van der Waals surface area contributed by atoms with Crippen molar-refractivity contribution >= 4 is 28.3 Å². The molecule has 3 rings (SSSR count). The molecule has 0 N–H and O–H groups in total. The molecule has 0 aromatic carbocycles. The second-order valence-electron chi connectivity index (χ2n) is 5.96. The van der Waals surface area contributed by atoms with Crippen molar-refractivity contribution in [3.63, 3.8) is 0 Å². The molecular formula is C15H23N5O2S. The van der Waals surface area contributed by atoms with Crippen LogP contribution in [0.15, 0.2) is 11.6 Å². The predicted molar refractivity (Wildman–Crippen MR) is 89.6 cm³/mol. The predicted octanol–water partition coefficient (Wildman–Crippen LogP) is -0.0442. The number of amides is 2. The Bertz CT molecular complexity index is 534. The summed E-state index contributed by atoms with van der Waals surface area (Å²) in [5.41, 5.74) is 0. The number of piperazine rings is 2. The minimum absolute atomic E-state index is 0.0930. The first-order valence-corrected chi connectivity index (χ1v) is 8.91. The fraction of sp³-hybridized carbons (Fsp3) is 0.667. The van der Waals surface area contributed by atoms with Crippen molar-refractivity contribution in [2.45, 2.75) is 6.92 Å². The molecule has 0 saturated carbocycles. The highest BCUT2D eigenvalue weighted by molar-refractivity contribution is 7.13. The summed E-state index contributed by atoms with van der Waals surface area (Å²) in [5, 5.41) is 3.06. The number of anilines is 1. The minimum atomic E-state index is 0.0930. The van der Waals surface area contributed by atoms with Gasteiger partial charge in [-0.2, -0.15) is 0 Å². The van der Waals surface area contributed by atoms with Crippen LogP contribution in [0, 0.1) is 0 Å². The molecule has 7 nitrogen and oxygen atoms in total. The van der Waals surface area contributed by atoms with Gasteiger partial charge in [0.05, 0.1) is 6.54 Å². The first-order chi connectivity index (χ1) is 11.1. The van der Waals surface area contributed by atoms with Gasteiger partial charge in [-0.25, -0.2) is 4.98 Å². The highest BCUT2D eigenvalue weighted by Crippen LogP contribution is 2.18. The molecule has 0 aliphatic carbocycles. The van der Waals surface area contributed by atoms with Crippen LogP contribution in [0.25, 0.3) is 0 Å². The molecule has 0 atom stereocenters. The molecule has 1 aromatic heterocycles. The lowest BCUT2D eigenvalue weighted by Crippen LogP contribution is -2.54. The average Bonchev–Trinajstić information content (AvgIpc) is 3.10. The molecule has 2 aliphatic rings. The number of thiazole rings is 1. The van der Waals surface area contributed by atoms with Crippen LogP contribution in [-0.2, 0) is 9.59 Å². The summed E-state index contributed by atoms with van der Waals surface area (Å²) in [4.78, 5) is 36.2. The summed E-state index contributed by atoms with van der Waals surface area (Å²) >= 11 is 1.66. The van der Waals surface area contributed by atoms with Crippen molar-refractivity contribution in [2.24, 2.45) is 0 Å². The van der Waals surface area contributed by atoms with Crippen LogP contribution in [0.4, 0.5) is 5.13 Å². The standard InChI is InChI=1S/C15H23N5O2S/c1-13(21)18-7-9-19(10-8-18)14(22)12-17-3-5-20(6-4-17)15-16-2-11-23-15/h2,11H,3-10,12H2,1H3. The summed E-state index contributed by atoms with van der Waals surface area (Å²) in [6, 6.07) is 0. The Morgan fingerprint density at radius 1 is 1.04 bits per heavy atom. The number of aromatic nitrogens is 1. The van der Waals surface area contributed by atoms with Gasteiger partial charge in [-0.3, -0.25) is 14.5 Å². The zero-order valence-corrected chi connectivity index (χ0v) is 14.3. The maximum absolute atomic E-state index is 12.4. The highest BCUT2D eigenvalue weighted by Gasteiger charge is 2.25. The van der Waals surface area contributed by atoms with Gasteiger partial charge in [-0.05, 0) is 0 Å². The Balaban J connectivity index is 1.42. The van der Waals surface area contributed by atoms with Gasteiger partial charge < -0.3 is 14.7 Å². The van der Waals surface area contributed by atoms with Crippen LogP contribution in [-0.4, -0.2) is 90.4 Å². The van der Waals surface area contributed by atoms with Crippen molar-refractivity contribution in [1.29, 1.82) is 0 Å². The molecule has 126 valence electrons. The van der Waals surface area contributed by atoms with E-state index >= 15 is 0 Å². The SMILES string of the molecule is CC(=O)N1CCN(C(=O)CN2CCN(c3nccs3)CC2)CC1. The van der Waals surface area contributed by atoms with E-state index in [4.69, 9.17) is 0 Å². The van der Waals surface area contributed by atoms with Gasteiger partial charge in [-0.15, -0.1) is 11.3 Å². The van der Waals surface area contributed by atoms with Gasteiger partial charge in [0, 0.05) is 70.9 Å². The summed E-state index contributed by atoms with van der Waals surface area (Å²) in [6.07, 6.45) is 1.83. The molecule has 23 heavy (non-hydrogen) atoms. The zero-order valence-electron chi connectivity index (χ0n) is 13.5. The van der Waals surface area contributed by atoms with Crippen LogP contribution in [0.1, 0.15) is 6.92 Å². The van der Waals surface area contributed by atoms with Crippen molar-refractivity contribution < 1.29 is 9.59 Å². The zero-order chi connectivity index (χ0) is 16.2. The van der Waals surface area contributed by atoms with Crippen LogP contribution in [0.3, 0.4) is 0 Å². The second kappa shape index (κ2) is 7.27. The molecule has 8 heteroatoms. The van der Waals surface area contributed by atoms with E-state index < -0.39 is 0 Å². The summed E-state index contributed by atoms with van der Waals surface area (Å²) in [7, 11) is 0. The van der Waals surface area contributed by atoms with Crippen molar-refractivity contribution in [2.75, 3.05) is 63.8 Å². The Kier molecular flexibility index (Phi) is 5.12. The monoisotopic (exact) mass is 337 g/mol. The van der Waals surface area contributed by atoms with Crippen molar-refractivity contribution in [3.05, 3.63) is 11.6 Å². The molecule has 0 unspecified atom stereocenters. The highest BCUT2D eigenvalue weighted by atomic mass is 32.1. The molecule has 0 spiro atoms. The number of nitrogens with zero attached hydrogens (tertiary/aromatic N) is 5. The third-order valence-electron chi connectivity index (χ3n) is 4.50. The molecule has 3 heterocycles. The molecule has 0 bridgehead atoms. The fourth-order valence-electron chi connectivity index (χ4n) is 3.03. The number of hydrogen-bond donors (Lipinski definition) is 0. The van der Waals surface area contributed by atoms with E-state index in [0.717, 1.165) is 31.3 Å². The average molecular weight is 337 g/mol. The Labute approximate surface area is 140 Å². The van der Waals surface area contributed by atoms with E-state index in [1.54, 1.807) is 23.2 Å². The largest absolute Gasteiger partial charge is 0.346 e. The van der Waals surface area contributed by atoms with Gasteiger partial charge in [0.1, 0.15) is 0 Å². The summed E-state index contributed by atoms with van der Waals surface area (Å²) < 4.78 is 0. The molecule has 1 aromatic rings. The van der Waals surface area contributed by atoms with Gasteiger partial charge in [0.2, 0.25) is 11.8 Å². The lowest BCUT2D eigenvalue weighted by molar-refractivity contribution is -0.139.